The van der Waals surface area contributed by atoms with E-state index in [2.05, 4.69) is 361 Å². The molecule has 12 heterocycles. The van der Waals surface area contributed by atoms with Crippen LogP contribution in [0.2, 0.25) is 0 Å². The molecule has 18 aromatic rings. The SMILES string of the molecule is CC(C)c1cc2ccccc2[nH]1.CC(C)c1cc2ccccn2c1.CC(C)c1ccc2ccccc2n1.CC(C)c1ccc2ncccc2c1.CC(C)c1cccc2cccnc12.CC(C)c1ccnc2ccccc12.CC(C)c1cn2ccccc2n1.CC(C)c1cn2cccnc2n1.CC(C)c1cnc2ccccc2c1. The molecule has 12 nitrogen and oxygen atoms in total. The molecular weight excluding hydrogens is 1380 g/mol. The van der Waals surface area contributed by atoms with Gasteiger partial charge in [0.1, 0.15) is 5.65 Å². The molecule has 1 N–H and O–H groups in total. The number of rotatable bonds is 9. The molecule has 6 aromatic carbocycles. The lowest BCUT2D eigenvalue weighted by atomic mass is 9.99. The topological polar surface area (TPSA) is 132 Å². The van der Waals surface area contributed by atoms with Crippen LogP contribution in [0.3, 0.4) is 0 Å². The number of fused-ring (bicyclic) bond motifs is 9. The van der Waals surface area contributed by atoms with Gasteiger partial charge in [-0.1, -0.05) is 252 Å². The van der Waals surface area contributed by atoms with E-state index < -0.39 is 0 Å². The van der Waals surface area contributed by atoms with Gasteiger partial charge in [0.05, 0.1) is 39.0 Å². The minimum absolute atomic E-state index is 0.465. The molecule has 0 fully saturated rings. The summed E-state index contributed by atoms with van der Waals surface area (Å²) < 4.78 is 6.15. The molecule has 12 heteroatoms. The lowest BCUT2D eigenvalue weighted by molar-refractivity contribution is 0.830. The summed E-state index contributed by atoms with van der Waals surface area (Å²) in [5.41, 5.74) is 20.5. The number of para-hydroxylation sites is 5. The van der Waals surface area contributed by atoms with E-state index in [-0.39, 0.29) is 0 Å². The number of hydrogen-bond donors (Lipinski definition) is 1. The summed E-state index contributed by atoms with van der Waals surface area (Å²) in [4.78, 5) is 38.4. The summed E-state index contributed by atoms with van der Waals surface area (Å²) in [5.74, 6) is 5.69. The van der Waals surface area contributed by atoms with Crippen LogP contribution in [-0.4, -0.2) is 58.1 Å². The number of benzene rings is 6. The van der Waals surface area contributed by atoms with Crippen molar-refractivity contribution in [2.45, 2.75) is 178 Å². The first-order valence-electron chi connectivity index (χ1n) is 40.1. The van der Waals surface area contributed by atoms with Crippen LogP contribution in [0, 0.1) is 0 Å². The fraction of sp³-hybridized carbons (Fsp3) is 0.267. The lowest BCUT2D eigenvalue weighted by Gasteiger charge is -2.08. The predicted molar refractivity (Wildman–Crippen MR) is 479 cm³/mol. The van der Waals surface area contributed by atoms with E-state index in [1.54, 1.807) is 6.20 Å². The van der Waals surface area contributed by atoms with Crippen LogP contribution in [0.15, 0.2) is 305 Å². The molecule has 578 valence electrons. The quantitative estimate of drug-likeness (QED) is 0.151. The maximum Gasteiger partial charge on any atom is 0.233 e. The van der Waals surface area contributed by atoms with Crippen molar-refractivity contribution in [2.24, 2.45) is 0 Å². The highest BCUT2D eigenvalue weighted by atomic mass is 15.1. The maximum atomic E-state index is 4.57. The third kappa shape index (κ3) is 23.5. The molecule has 0 bridgehead atoms. The van der Waals surface area contributed by atoms with Crippen molar-refractivity contribution in [1.29, 1.82) is 0 Å². The van der Waals surface area contributed by atoms with Crippen LogP contribution in [0.5, 0.6) is 0 Å². The molecule has 18 rings (SSSR count). The number of aromatic amines is 1. The highest BCUT2D eigenvalue weighted by Gasteiger charge is 2.11. The standard InChI is InChI=1S/5C12H13N.2C11H13N.C10H12N2.C9H11N3/c1-9(2)11-7-3-5-10-6-4-8-13-12(10)11;1-9(2)10-5-6-12-11(8-10)4-3-7-13-12;1-9(2)11-7-10-5-3-4-6-12(10)13-8-11;1-9(2)10-7-8-13-12-6-4-3-5-11(10)12;1-9(2)11-8-7-10-5-3-4-6-12(10)13-11;1-9(2)10-7-11-5-3-4-6-12(11)8-10;1-8(2)11-7-9-5-3-4-6-10(9)12-11;1-8(2)9-7-12-6-4-3-5-10(12)11-9;1-7(2)8-6-12-5-3-4-10-9(12)11-8/h5*3-9H,1-2H3;3-9H,1-2H3;3-8,12H,1-2H3;3-8H,1-2H3;3-7H,1-2H3. The van der Waals surface area contributed by atoms with Gasteiger partial charge in [-0.25, -0.2) is 15.0 Å². The number of imidazole rings is 2. The predicted octanol–water partition coefficient (Wildman–Crippen LogP) is 27.5. The van der Waals surface area contributed by atoms with Gasteiger partial charge in [0, 0.05) is 118 Å². The Balaban J connectivity index is 0.000000135. The van der Waals surface area contributed by atoms with E-state index in [0.29, 0.717) is 53.3 Å². The fourth-order valence-corrected chi connectivity index (χ4v) is 12.6. The molecule has 0 atom stereocenters. The first-order valence-corrected chi connectivity index (χ1v) is 40.1. The zero-order valence-electron chi connectivity index (χ0n) is 69.5. The summed E-state index contributed by atoms with van der Waals surface area (Å²) in [6.07, 6.45) is 21.7. The van der Waals surface area contributed by atoms with Crippen LogP contribution in [0.25, 0.3) is 82.4 Å². The average Bonchev–Trinajstić information content (AvgIpc) is 0.970. The Bertz CT molecular complexity index is 5200. The number of pyridine rings is 7. The van der Waals surface area contributed by atoms with E-state index in [4.69, 9.17) is 0 Å². The van der Waals surface area contributed by atoms with Gasteiger partial charge < -0.3 is 13.8 Å². The third-order valence-electron chi connectivity index (χ3n) is 19.6. The molecule has 0 spiro atoms. The van der Waals surface area contributed by atoms with E-state index in [1.807, 2.05) is 121 Å². The van der Waals surface area contributed by atoms with Crippen molar-refractivity contribution in [3.8, 4) is 0 Å². The Labute approximate surface area is 669 Å². The van der Waals surface area contributed by atoms with Crippen LogP contribution in [0.1, 0.15) is 228 Å². The van der Waals surface area contributed by atoms with Gasteiger partial charge in [0.2, 0.25) is 5.78 Å². The van der Waals surface area contributed by atoms with Crippen molar-refractivity contribution in [3.05, 3.63) is 355 Å². The summed E-state index contributed by atoms with van der Waals surface area (Å²) >= 11 is 0. The van der Waals surface area contributed by atoms with Crippen LogP contribution in [0.4, 0.5) is 0 Å². The van der Waals surface area contributed by atoms with E-state index in [1.165, 1.54) is 82.6 Å². The van der Waals surface area contributed by atoms with Gasteiger partial charge in [-0.15, -0.1) is 0 Å². The number of nitrogens with zero attached hydrogens (tertiary/aromatic N) is 11. The highest BCUT2D eigenvalue weighted by molar-refractivity contribution is 5.84. The molecule has 0 radical (unpaired) electrons. The van der Waals surface area contributed by atoms with Gasteiger partial charge in [-0.3, -0.25) is 29.3 Å². The number of hydrogen-bond acceptors (Lipinski definition) is 8. The summed E-state index contributed by atoms with van der Waals surface area (Å²) in [6, 6.07) is 81.3. The number of nitrogens with one attached hydrogen (secondary N) is 1. The first kappa shape index (κ1) is 83.5. The Kier molecular flexibility index (Phi) is 30.1. The van der Waals surface area contributed by atoms with E-state index >= 15 is 0 Å². The molecular formula is C101H114N12. The molecule has 113 heavy (non-hydrogen) atoms. The monoisotopic (exact) mass is 1490 g/mol. The van der Waals surface area contributed by atoms with Crippen molar-refractivity contribution in [2.75, 3.05) is 0 Å². The van der Waals surface area contributed by atoms with Gasteiger partial charge in [-0.05, 0) is 196 Å². The largest absolute Gasteiger partial charge is 0.358 e. The van der Waals surface area contributed by atoms with Gasteiger partial charge in [0.25, 0.3) is 0 Å². The van der Waals surface area contributed by atoms with Crippen molar-refractivity contribution < 1.29 is 0 Å². The minimum atomic E-state index is 0.465. The molecule has 12 aromatic heterocycles. The summed E-state index contributed by atoms with van der Waals surface area (Å²) in [5, 5.41) is 7.49. The lowest BCUT2D eigenvalue weighted by Crippen LogP contribution is -1.91. The van der Waals surface area contributed by atoms with Crippen molar-refractivity contribution in [3.63, 3.8) is 0 Å². The van der Waals surface area contributed by atoms with Gasteiger partial charge in [0.15, 0.2) is 0 Å². The zero-order valence-corrected chi connectivity index (χ0v) is 69.5. The second kappa shape index (κ2) is 40.8. The molecule has 0 aliphatic rings. The zero-order chi connectivity index (χ0) is 80.5. The highest BCUT2D eigenvalue weighted by Crippen LogP contribution is 2.28. The fourth-order valence-electron chi connectivity index (χ4n) is 12.6. The third-order valence-corrected chi connectivity index (χ3v) is 19.6. The summed E-state index contributed by atoms with van der Waals surface area (Å²) in [7, 11) is 0. The van der Waals surface area contributed by atoms with Gasteiger partial charge in [-0.2, -0.15) is 0 Å². The Morgan fingerprint density at radius 1 is 0.283 bits per heavy atom. The Morgan fingerprint density at radius 2 is 0.832 bits per heavy atom. The van der Waals surface area contributed by atoms with E-state index in [0.717, 1.165) is 50.4 Å². The minimum Gasteiger partial charge on any atom is -0.358 e. The second-order valence-corrected chi connectivity index (χ2v) is 31.3. The average molecular weight is 1500 g/mol. The maximum absolute atomic E-state index is 4.57. The number of aromatic nitrogens is 12. The summed E-state index contributed by atoms with van der Waals surface area (Å²) in [6.45, 7) is 39.3. The smallest absolute Gasteiger partial charge is 0.233 e. The first-order chi connectivity index (χ1) is 54.5. The van der Waals surface area contributed by atoms with Crippen LogP contribution < -0.4 is 0 Å². The molecule has 0 amide bonds. The second-order valence-electron chi connectivity index (χ2n) is 31.3. The van der Waals surface area contributed by atoms with Crippen molar-refractivity contribution in [1.82, 2.24) is 58.1 Å². The molecule has 0 aliphatic heterocycles. The van der Waals surface area contributed by atoms with E-state index in [9.17, 15) is 0 Å². The molecule has 0 aliphatic carbocycles. The molecule has 0 unspecified atom stereocenters. The Hall–Kier alpha value is -12.0. The van der Waals surface area contributed by atoms with Gasteiger partial charge >= 0.3 is 0 Å². The number of H-pyrrole nitrogens is 1. The van der Waals surface area contributed by atoms with Crippen LogP contribution >= 0.6 is 0 Å². The van der Waals surface area contributed by atoms with Crippen molar-refractivity contribution >= 4 is 82.4 Å². The Morgan fingerprint density at radius 3 is 1.50 bits per heavy atom. The molecule has 0 saturated heterocycles. The van der Waals surface area contributed by atoms with Crippen LogP contribution in [-0.2, 0) is 0 Å². The molecule has 0 saturated carbocycles. The normalized spacial score (nSPS) is 11.1.